The zero-order valence-electron chi connectivity index (χ0n) is 13.1. The Balaban J connectivity index is 1.78. The maximum atomic E-state index is 12.6. The van der Waals surface area contributed by atoms with Crippen LogP contribution in [-0.4, -0.2) is 25.2 Å². The summed E-state index contributed by atoms with van der Waals surface area (Å²) in [5.41, 5.74) is 1.01. The molecule has 0 saturated carbocycles. The average molecular weight is 297 g/mol. The number of benzene rings is 2. The van der Waals surface area contributed by atoms with Crippen LogP contribution in [0.5, 0.6) is 0 Å². The number of fused-ring (bicyclic) bond motifs is 1. The summed E-state index contributed by atoms with van der Waals surface area (Å²) in [6.45, 7) is 3.57. The number of amides is 1. The number of rotatable bonds is 5. The summed E-state index contributed by atoms with van der Waals surface area (Å²) >= 11 is 0. The van der Waals surface area contributed by atoms with E-state index < -0.39 is 0 Å². The van der Waals surface area contributed by atoms with Crippen molar-refractivity contribution in [3.63, 3.8) is 0 Å². The Bertz CT molecular complexity index is 641. The number of ether oxygens (including phenoxy) is 1. The second-order valence-electron chi connectivity index (χ2n) is 5.81. The Kier molecular flexibility index (Phi) is 4.74. The van der Waals surface area contributed by atoms with Crippen molar-refractivity contribution in [2.75, 3.05) is 18.1 Å². The highest BCUT2D eigenvalue weighted by molar-refractivity contribution is 6.03. The predicted octanol–water partition coefficient (Wildman–Crippen LogP) is 4.15. The van der Waals surface area contributed by atoms with E-state index in [9.17, 15) is 4.79 Å². The quantitative estimate of drug-likeness (QED) is 0.829. The highest BCUT2D eigenvalue weighted by atomic mass is 16.5. The normalized spacial score (nSPS) is 17.8. The van der Waals surface area contributed by atoms with Crippen molar-refractivity contribution in [2.45, 2.75) is 38.7 Å². The molecule has 0 N–H and O–H groups in total. The van der Waals surface area contributed by atoms with Crippen molar-refractivity contribution in [2.24, 2.45) is 0 Å². The fraction of sp³-hybridized carbons (Fsp3) is 0.421. The maximum absolute atomic E-state index is 12.6. The van der Waals surface area contributed by atoms with Crippen LogP contribution in [0.4, 0.5) is 5.69 Å². The van der Waals surface area contributed by atoms with Gasteiger partial charge in [0.1, 0.15) is 0 Å². The molecule has 1 atom stereocenters. The molecule has 1 unspecified atom stereocenters. The smallest absolute Gasteiger partial charge is 0.227 e. The molecule has 1 aliphatic rings. The first-order valence-electron chi connectivity index (χ1n) is 8.19. The first-order chi connectivity index (χ1) is 10.8. The van der Waals surface area contributed by atoms with E-state index in [4.69, 9.17) is 4.74 Å². The van der Waals surface area contributed by atoms with E-state index in [-0.39, 0.29) is 12.0 Å². The molecule has 22 heavy (non-hydrogen) atoms. The van der Waals surface area contributed by atoms with E-state index in [1.165, 1.54) is 5.39 Å². The van der Waals surface area contributed by atoms with Crippen LogP contribution in [0.15, 0.2) is 42.5 Å². The molecule has 116 valence electrons. The van der Waals surface area contributed by atoms with Gasteiger partial charge in [0.2, 0.25) is 5.91 Å². The van der Waals surface area contributed by atoms with Crippen LogP contribution < -0.4 is 4.90 Å². The van der Waals surface area contributed by atoms with Crippen LogP contribution >= 0.6 is 0 Å². The summed E-state index contributed by atoms with van der Waals surface area (Å²) < 4.78 is 5.62. The molecule has 0 radical (unpaired) electrons. The van der Waals surface area contributed by atoms with Gasteiger partial charge in [0, 0.05) is 25.0 Å². The monoisotopic (exact) mass is 297 g/mol. The van der Waals surface area contributed by atoms with Crippen molar-refractivity contribution in [3.05, 3.63) is 42.5 Å². The van der Waals surface area contributed by atoms with Crippen LogP contribution in [0.25, 0.3) is 10.8 Å². The molecule has 0 aromatic heterocycles. The third kappa shape index (κ3) is 3.14. The maximum Gasteiger partial charge on any atom is 0.227 e. The summed E-state index contributed by atoms with van der Waals surface area (Å²) in [4.78, 5) is 14.5. The molecule has 2 aromatic rings. The highest BCUT2D eigenvalue weighted by Crippen LogP contribution is 2.27. The van der Waals surface area contributed by atoms with E-state index in [1.54, 1.807) is 0 Å². The summed E-state index contributed by atoms with van der Waals surface area (Å²) in [5.74, 6) is 0.189. The lowest BCUT2D eigenvalue weighted by Crippen LogP contribution is -2.31. The molecule has 1 saturated heterocycles. The van der Waals surface area contributed by atoms with E-state index in [0.717, 1.165) is 36.9 Å². The molecule has 3 rings (SSSR count). The van der Waals surface area contributed by atoms with Crippen LogP contribution in [-0.2, 0) is 9.53 Å². The number of carbonyl (C=O) groups excluding carboxylic acids is 1. The molecule has 1 aliphatic heterocycles. The lowest BCUT2D eigenvalue weighted by atomic mass is 10.1. The number of carbonyl (C=O) groups is 1. The van der Waals surface area contributed by atoms with Gasteiger partial charge in [-0.3, -0.25) is 4.79 Å². The summed E-state index contributed by atoms with van der Waals surface area (Å²) in [5, 5.41) is 2.31. The first kappa shape index (κ1) is 15.0. The topological polar surface area (TPSA) is 29.5 Å². The molecule has 1 heterocycles. The number of anilines is 1. The van der Waals surface area contributed by atoms with Gasteiger partial charge >= 0.3 is 0 Å². The molecule has 3 nitrogen and oxygen atoms in total. The van der Waals surface area contributed by atoms with Crippen LogP contribution in [0, 0.1) is 0 Å². The Morgan fingerprint density at radius 1 is 1.23 bits per heavy atom. The van der Waals surface area contributed by atoms with Crippen molar-refractivity contribution in [1.29, 1.82) is 0 Å². The molecule has 0 aliphatic carbocycles. The van der Waals surface area contributed by atoms with E-state index in [1.807, 2.05) is 36.1 Å². The third-order valence-corrected chi connectivity index (χ3v) is 4.38. The molecule has 1 amide bonds. The minimum absolute atomic E-state index is 0.189. The molecule has 0 spiro atoms. The van der Waals surface area contributed by atoms with Gasteiger partial charge in [-0.05, 0) is 37.6 Å². The lowest BCUT2D eigenvalue weighted by molar-refractivity contribution is -0.119. The zero-order chi connectivity index (χ0) is 15.4. The minimum atomic E-state index is 0.189. The van der Waals surface area contributed by atoms with Crippen molar-refractivity contribution in [3.8, 4) is 0 Å². The van der Waals surface area contributed by atoms with E-state index in [0.29, 0.717) is 13.0 Å². The molecule has 2 aromatic carbocycles. The van der Waals surface area contributed by atoms with E-state index >= 15 is 0 Å². The van der Waals surface area contributed by atoms with Gasteiger partial charge < -0.3 is 9.64 Å². The second kappa shape index (κ2) is 6.93. The van der Waals surface area contributed by atoms with Gasteiger partial charge in [-0.2, -0.15) is 0 Å². The molecule has 3 heteroatoms. The Morgan fingerprint density at radius 2 is 2.05 bits per heavy atom. The third-order valence-electron chi connectivity index (χ3n) is 4.38. The standard InChI is InChI=1S/C19H23NO2/c1-2-20(19(21)13-12-16-9-6-14-22-16)18-11-5-8-15-7-3-4-10-17(15)18/h3-5,7-8,10-11,16H,2,6,9,12-14H2,1H3. The molecule has 0 bridgehead atoms. The lowest BCUT2D eigenvalue weighted by Gasteiger charge is -2.23. The van der Waals surface area contributed by atoms with Gasteiger partial charge in [-0.25, -0.2) is 0 Å². The van der Waals surface area contributed by atoms with Crippen molar-refractivity contribution >= 4 is 22.4 Å². The fourth-order valence-electron chi connectivity index (χ4n) is 3.22. The van der Waals surface area contributed by atoms with Gasteiger partial charge in [-0.15, -0.1) is 0 Å². The molecule has 1 fully saturated rings. The SMILES string of the molecule is CCN(C(=O)CCC1CCCO1)c1cccc2ccccc12. The summed E-state index contributed by atoms with van der Waals surface area (Å²) in [6, 6.07) is 14.4. The minimum Gasteiger partial charge on any atom is -0.378 e. The number of nitrogens with zero attached hydrogens (tertiary/aromatic N) is 1. The van der Waals surface area contributed by atoms with Gasteiger partial charge in [0.25, 0.3) is 0 Å². The highest BCUT2D eigenvalue weighted by Gasteiger charge is 2.20. The van der Waals surface area contributed by atoms with Crippen LogP contribution in [0.3, 0.4) is 0 Å². The second-order valence-corrected chi connectivity index (χ2v) is 5.81. The molecular formula is C19H23NO2. The van der Waals surface area contributed by atoms with Crippen molar-refractivity contribution in [1.82, 2.24) is 0 Å². The van der Waals surface area contributed by atoms with Gasteiger partial charge in [0.05, 0.1) is 11.8 Å². The average Bonchev–Trinajstić information content (AvgIpc) is 3.07. The molecular weight excluding hydrogens is 274 g/mol. The first-order valence-corrected chi connectivity index (χ1v) is 8.19. The summed E-state index contributed by atoms with van der Waals surface area (Å²) in [6.07, 6.45) is 3.88. The van der Waals surface area contributed by atoms with Gasteiger partial charge in [-0.1, -0.05) is 36.4 Å². The number of hydrogen-bond donors (Lipinski definition) is 0. The predicted molar refractivity (Wildman–Crippen MR) is 90.2 cm³/mol. The largest absolute Gasteiger partial charge is 0.378 e. The number of hydrogen-bond acceptors (Lipinski definition) is 2. The van der Waals surface area contributed by atoms with Gasteiger partial charge in [0.15, 0.2) is 0 Å². The van der Waals surface area contributed by atoms with E-state index in [2.05, 4.69) is 18.2 Å². The summed E-state index contributed by atoms with van der Waals surface area (Å²) in [7, 11) is 0. The van der Waals surface area contributed by atoms with Crippen LogP contribution in [0.1, 0.15) is 32.6 Å². The van der Waals surface area contributed by atoms with Crippen molar-refractivity contribution < 1.29 is 9.53 Å². The van der Waals surface area contributed by atoms with Crippen LogP contribution in [0.2, 0.25) is 0 Å². The Hall–Kier alpha value is -1.87. The fourth-order valence-corrected chi connectivity index (χ4v) is 3.22. The Morgan fingerprint density at radius 3 is 2.82 bits per heavy atom. The Labute approximate surface area is 131 Å². The zero-order valence-corrected chi connectivity index (χ0v) is 13.1.